The van der Waals surface area contributed by atoms with Gasteiger partial charge in [0, 0.05) is 6.54 Å². The zero-order chi connectivity index (χ0) is 15.1. The summed E-state index contributed by atoms with van der Waals surface area (Å²) in [5.74, 6) is -0.243. The van der Waals surface area contributed by atoms with Gasteiger partial charge in [-0.1, -0.05) is 26.0 Å². The molecule has 19 heavy (non-hydrogen) atoms. The van der Waals surface area contributed by atoms with Crippen LogP contribution in [0.2, 0.25) is 0 Å². The molecule has 5 heteroatoms. The number of hydrogen-bond acceptors (Lipinski definition) is 4. The van der Waals surface area contributed by atoms with Crippen molar-refractivity contribution < 1.29 is 18.7 Å². The topological polar surface area (TPSA) is 61.5 Å². The molecule has 0 spiro atoms. The summed E-state index contributed by atoms with van der Waals surface area (Å²) < 4.78 is 21.7. The molecule has 0 bridgehead atoms. The molecule has 0 aliphatic rings. The van der Waals surface area contributed by atoms with E-state index in [0.29, 0.717) is 19.6 Å². The fourth-order valence-electron chi connectivity index (χ4n) is 0.961. The van der Waals surface area contributed by atoms with Crippen molar-refractivity contribution >= 4 is 5.97 Å². The van der Waals surface area contributed by atoms with Crippen LogP contribution in [0.3, 0.4) is 0 Å². The van der Waals surface area contributed by atoms with E-state index in [9.17, 15) is 9.18 Å². The molecule has 0 saturated carbocycles. The molecular weight excluding hydrogens is 249 g/mol. The highest BCUT2D eigenvalue weighted by Crippen LogP contribution is 2.13. The van der Waals surface area contributed by atoms with Crippen molar-refractivity contribution in [1.29, 1.82) is 0 Å². The maximum Gasteiger partial charge on any atom is 0.307 e. The normalized spacial score (nSPS) is 8.32. The number of hydrogen-bond donors (Lipinski definition) is 1. The predicted molar refractivity (Wildman–Crippen MR) is 74.6 cm³/mol. The second-order valence-electron chi connectivity index (χ2n) is 2.98. The zero-order valence-electron chi connectivity index (χ0n) is 12.1. The van der Waals surface area contributed by atoms with Crippen molar-refractivity contribution in [3.8, 4) is 5.75 Å². The number of halogens is 1. The Bertz CT molecular complexity index is 324. The van der Waals surface area contributed by atoms with Gasteiger partial charge in [0.05, 0.1) is 20.1 Å². The van der Waals surface area contributed by atoms with Gasteiger partial charge in [0.2, 0.25) is 0 Å². The largest absolute Gasteiger partial charge is 0.494 e. The molecule has 1 aromatic carbocycles. The summed E-state index contributed by atoms with van der Waals surface area (Å²) in [6.07, 6.45) is 0.327. The van der Waals surface area contributed by atoms with E-state index in [0.717, 1.165) is 0 Å². The van der Waals surface area contributed by atoms with E-state index in [1.54, 1.807) is 25.1 Å². The quantitative estimate of drug-likeness (QED) is 0.857. The highest BCUT2D eigenvalue weighted by Gasteiger charge is 1.96. The first-order chi connectivity index (χ1) is 9.15. The second-order valence-corrected chi connectivity index (χ2v) is 2.98. The van der Waals surface area contributed by atoms with E-state index in [1.807, 2.05) is 13.8 Å². The lowest BCUT2D eigenvalue weighted by Gasteiger charge is -1.97. The van der Waals surface area contributed by atoms with Gasteiger partial charge in [-0.15, -0.1) is 0 Å². The van der Waals surface area contributed by atoms with Crippen molar-refractivity contribution in [2.45, 2.75) is 27.2 Å². The minimum absolute atomic E-state index is 0.213. The predicted octanol–water partition coefficient (Wildman–Crippen LogP) is 2.76. The standard InChI is InChI=1S/C7H7FO.C5H11NO2.C2H6/c1-9-7-5-3-2-4-6(7)8;1-2-8-5(7)3-4-6;1-2/h2-5H,1H3;2-4,6H2,1H3;1-2H3. The summed E-state index contributed by atoms with van der Waals surface area (Å²) in [7, 11) is 1.44. The Hall–Kier alpha value is -1.62. The Morgan fingerprint density at radius 3 is 2.26 bits per heavy atom. The highest BCUT2D eigenvalue weighted by atomic mass is 19.1. The van der Waals surface area contributed by atoms with Gasteiger partial charge < -0.3 is 15.2 Å². The van der Waals surface area contributed by atoms with E-state index < -0.39 is 0 Å². The molecule has 0 radical (unpaired) electrons. The van der Waals surface area contributed by atoms with Crippen LogP contribution in [0.25, 0.3) is 0 Å². The van der Waals surface area contributed by atoms with Crippen LogP contribution in [0, 0.1) is 5.82 Å². The minimum Gasteiger partial charge on any atom is -0.494 e. The zero-order valence-corrected chi connectivity index (χ0v) is 12.1. The molecule has 0 fully saturated rings. The molecule has 0 saturated heterocycles. The first-order valence-electron chi connectivity index (χ1n) is 6.29. The lowest BCUT2D eigenvalue weighted by molar-refractivity contribution is -0.142. The van der Waals surface area contributed by atoms with Gasteiger partial charge in [0.15, 0.2) is 11.6 Å². The number of carbonyl (C=O) groups excluding carboxylic acids is 1. The summed E-state index contributed by atoms with van der Waals surface area (Å²) in [5, 5.41) is 0. The van der Waals surface area contributed by atoms with Crippen LogP contribution in [-0.4, -0.2) is 26.2 Å². The van der Waals surface area contributed by atoms with Crippen LogP contribution >= 0.6 is 0 Å². The molecule has 0 unspecified atom stereocenters. The van der Waals surface area contributed by atoms with Crippen LogP contribution in [0.4, 0.5) is 4.39 Å². The number of ether oxygens (including phenoxy) is 2. The molecular formula is C14H24FNO3. The molecule has 0 amide bonds. The molecule has 1 rings (SSSR count). The summed E-state index contributed by atoms with van der Waals surface area (Å²) >= 11 is 0. The number of carbonyl (C=O) groups is 1. The Kier molecular flexibility index (Phi) is 15.0. The van der Waals surface area contributed by atoms with Gasteiger partial charge in [0.25, 0.3) is 0 Å². The number of rotatable bonds is 4. The Balaban J connectivity index is 0. The van der Waals surface area contributed by atoms with Crippen LogP contribution in [0.15, 0.2) is 24.3 Å². The number of esters is 1. The number of benzene rings is 1. The lowest BCUT2D eigenvalue weighted by atomic mass is 10.3. The van der Waals surface area contributed by atoms with Crippen molar-refractivity contribution in [1.82, 2.24) is 0 Å². The number of nitrogens with two attached hydrogens (primary N) is 1. The summed E-state index contributed by atoms with van der Waals surface area (Å²) in [4.78, 5) is 10.3. The van der Waals surface area contributed by atoms with E-state index in [-0.39, 0.29) is 17.5 Å². The third-order valence-corrected chi connectivity index (χ3v) is 1.71. The molecule has 1 aromatic rings. The van der Waals surface area contributed by atoms with E-state index in [1.165, 1.54) is 13.2 Å². The first kappa shape index (κ1) is 19.7. The average molecular weight is 273 g/mol. The number of methoxy groups -OCH3 is 1. The average Bonchev–Trinajstić information content (AvgIpc) is 2.43. The lowest BCUT2D eigenvalue weighted by Crippen LogP contribution is -2.10. The van der Waals surface area contributed by atoms with E-state index in [2.05, 4.69) is 9.47 Å². The maximum atomic E-state index is 12.5. The van der Waals surface area contributed by atoms with E-state index >= 15 is 0 Å². The summed E-state index contributed by atoms with van der Waals surface area (Å²) in [6.45, 7) is 6.59. The van der Waals surface area contributed by atoms with Gasteiger partial charge in [0.1, 0.15) is 0 Å². The SMILES string of the molecule is CC.CCOC(=O)CCN.COc1ccccc1F. The minimum atomic E-state index is -0.319. The third kappa shape index (κ3) is 11.2. The van der Waals surface area contributed by atoms with Crippen LogP contribution < -0.4 is 10.5 Å². The molecule has 110 valence electrons. The highest BCUT2D eigenvalue weighted by molar-refractivity contribution is 5.69. The second kappa shape index (κ2) is 14.4. The molecule has 2 N–H and O–H groups in total. The van der Waals surface area contributed by atoms with Crippen molar-refractivity contribution in [3.05, 3.63) is 30.1 Å². The smallest absolute Gasteiger partial charge is 0.307 e. The monoisotopic (exact) mass is 273 g/mol. The van der Waals surface area contributed by atoms with E-state index in [4.69, 9.17) is 5.73 Å². The van der Waals surface area contributed by atoms with Crippen molar-refractivity contribution in [3.63, 3.8) is 0 Å². The summed E-state index contributed by atoms with van der Waals surface area (Å²) in [6, 6.07) is 6.29. The van der Waals surface area contributed by atoms with Gasteiger partial charge >= 0.3 is 5.97 Å². The molecule has 0 atom stereocenters. The van der Waals surface area contributed by atoms with Gasteiger partial charge in [-0.25, -0.2) is 4.39 Å². The summed E-state index contributed by atoms with van der Waals surface area (Å²) in [5.41, 5.74) is 5.06. The fourth-order valence-corrected chi connectivity index (χ4v) is 0.961. The molecule has 0 heterocycles. The van der Waals surface area contributed by atoms with Crippen molar-refractivity contribution in [2.24, 2.45) is 5.73 Å². The Morgan fingerprint density at radius 1 is 1.32 bits per heavy atom. The Labute approximate surface area is 114 Å². The molecule has 0 aliphatic carbocycles. The van der Waals surface area contributed by atoms with Gasteiger partial charge in [-0.2, -0.15) is 0 Å². The van der Waals surface area contributed by atoms with Crippen LogP contribution in [0.1, 0.15) is 27.2 Å². The Morgan fingerprint density at radius 2 is 1.89 bits per heavy atom. The fraction of sp³-hybridized carbons (Fsp3) is 0.500. The first-order valence-corrected chi connectivity index (χ1v) is 6.29. The van der Waals surface area contributed by atoms with Gasteiger partial charge in [-0.05, 0) is 19.1 Å². The van der Waals surface area contributed by atoms with Crippen LogP contribution in [0.5, 0.6) is 5.75 Å². The third-order valence-electron chi connectivity index (χ3n) is 1.71. The van der Waals surface area contributed by atoms with Crippen LogP contribution in [-0.2, 0) is 9.53 Å². The molecule has 0 aromatic heterocycles. The molecule has 0 aliphatic heterocycles. The number of para-hydroxylation sites is 1. The van der Waals surface area contributed by atoms with Gasteiger partial charge in [-0.3, -0.25) is 4.79 Å². The maximum absolute atomic E-state index is 12.5. The molecule has 4 nitrogen and oxygen atoms in total. The van der Waals surface area contributed by atoms with Crippen molar-refractivity contribution in [2.75, 3.05) is 20.3 Å².